The van der Waals surface area contributed by atoms with E-state index in [0.717, 1.165) is 24.7 Å². The molecule has 0 aromatic heterocycles. The molecular formula is C13H18O3. The first-order valence-electron chi connectivity index (χ1n) is 5.41. The predicted molar refractivity (Wildman–Crippen MR) is 62.5 cm³/mol. The zero-order chi connectivity index (χ0) is 11.8. The Morgan fingerprint density at radius 2 is 1.69 bits per heavy atom. The van der Waals surface area contributed by atoms with E-state index >= 15 is 0 Å². The van der Waals surface area contributed by atoms with Gasteiger partial charge in [0.05, 0.1) is 27.4 Å². The summed E-state index contributed by atoms with van der Waals surface area (Å²) in [6.07, 6.45) is 0. The van der Waals surface area contributed by atoms with Crippen molar-refractivity contribution in [3.8, 4) is 11.5 Å². The Morgan fingerprint density at radius 1 is 1.12 bits per heavy atom. The molecule has 3 heteroatoms. The number of hydrogen-bond acceptors (Lipinski definition) is 3. The molecule has 0 aliphatic carbocycles. The first-order chi connectivity index (χ1) is 7.60. The lowest BCUT2D eigenvalue weighted by molar-refractivity contribution is -0.0503. The van der Waals surface area contributed by atoms with E-state index in [0.29, 0.717) is 0 Å². The normalized spacial score (nSPS) is 17.8. The van der Waals surface area contributed by atoms with Crippen LogP contribution in [0, 0.1) is 6.92 Å². The van der Waals surface area contributed by atoms with Crippen LogP contribution in [0.25, 0.3) is 0 Å². The summed E-state index contributed by atoms with van der Waals surface area (Å²) in [6.45, 7) is 5.87. The van der Waals surface area contributed by atoms with Crippen LogP contribution in [0.5, 0.6) is 11.5 Å². The van der Waals surface area contributed by atoms with E-state index in [2.05, 4.69) is 19.9 Å². The molecule has 0 atom stereocenters. The number of rotatable bonds is 3. The minimum absolute atomic E-state index is 0.129. The van der Waals surface area contributed by atoms with Gasteiger partial charge in [-0.3, -0.25) is 0 Å². The van der Waals surface area contributed by atoms with E-state index in [1.54, 1.807) is 14.2 Å². The zero-order valence-electron chi connectivity index (χ0n) is 10.3. The molecule has 0 N–H and O–H groups in total. The van der Waals surface area contributed by atoms with E-state index in [1.165, 1.54) is 11.1 Å². The number of aryl methyl sites for hydroxylation is 1. The minimum atomic E-state index is 0.129. The summed E-state index contributed by atoms with van der Waals surface area (Å²) < 4.78 is 15.9. The van der Waals surface area contributed by atoms with Crippen molar-refractivity contribution in [3.63, 3.8) is 0 Å². The van der Waals surface area contributed by atoms with Crippen LogP contribution in [0.3, 0.4) is 0 Å². The van der Waals surface area contributed by atoms with Crippen LogP contribution >= 0.6 is 0 Å². The van der Waals surface area contributed by atoms with Crippen molar-refractivity contribution in [1.82, 2.24) is 0 Å². The highest BCUT2D eigenvalue weighted by molar-refractivity contribution is 5.50. The maximum absolute atomic E-state index is 5.33. The van der Waals surface area contributed by atoms with Gasteiger partial charge in [0.25, 0.3) is 0 Å². The van der Waals surface area contributed by atoms with Crippen LogP contribution in [-0.4, -0.2) is 27.4 Å². The largest absolute Gasteiger partial charge is 0.493 e. The van der Waals surface area contributed by atoms with Crippen LogP contribution < -0.4 is 9.47 Å². The molecule has 0 unspecified atom stereocenters. The number of hydrogen-bond donors (Lipinski definition) is 0. The third kappa shape index (κ3) is 1.65. The fourth-order valence-corrected chi connectivity index (χ4v) is 2.19. The maximum atomic E-state index is 5.33. The Kier molecular flexibility index (Phi) is 2.80. The molecule has 1 aliphatic heterocycles. The molecule has 1 heterocycles. The molecule has 0 saturated carbocycles. The van der Waals surface area contributed by atoms with Crippen molar-refractivity contribution in [1.29, 1.82) is 0 Å². The van der Waals surface area contributed by atoms with E-state index in [1.807, 2.05) is 6.07 Å². The maximum Gasteiger partial charge on any atom is 0.161 e. The molecule has 88 valence electrons. The van der Waals surface area contributed by atoms with Crippen LogP contribution in [0.15, 0.2) is 12.1 Å². The lowest BCUT2D eigenvalue weighted by Gasteiger charge is -2.39. The molecule has 0 radical (unpaired) electrons. The Morgan fingerprint density at radius 3 is 2.12 bits per heavy atom. The lowest BCUT2D eigenvalue weighted by atomic mass is 9.78. The van der Waals surface area contributed by atoms with Crippen LogP contribution in [0.1, 0.15) is 18.1 Å². The highest BCUT2D eigenvalue weighted by Gasteiger charge is 2.37. The highest BCUT2D eigenvalue weighted by Crippen LogP contribution is 2.39. The van der Waals surface area contributed by atoms with Crippen LogP contribution in [0.2, 0.25) is 0 Å². The standard InChI is InChI=1S/C13H18O3/c1-9-5-11(14-3)12(15-4)6-10(9)13(2)7-16-8-13/h5-6H,7-8H2,1-4H3. The molecule has 1 aromatic rings. The smallest absolute Gasteiger partial charge is 0.161 e. The van der Waals surface area contributed by atoms with Gasteiger partial charge in [0.2, 0.25) is 0 Å². The van der Waals surface area contributed by atoms with Crippen molar-refractivity contribution in [2.75, 3.05) is 27.4 Å². The predicted octanol–water partition coefficient (Wildman–Crippen LogP) is 2.30. The molecule has 2 rings (SSSR count). The molecule has 16 heavy (non-hydrogen) atoms. The summed E-state index contributed by atoms with van der Waals surface area (Å²) in [5.41, 5.74) is 2.64. The van der Waals surface area contributed by atoms with Gasteiger partial charge in [0.15, 0.2) is 11.5 Å². The van der Waals surface area contributed by atoms with E-state index in [9.17, 15) is 0 Å². The Balaban J connectivity index is 2.46. The molecule has 0 bridgehead atoms. The first kappa shape index (κ1) is 11.3. The molecule has 3 nitrogen and oxygen atoms in total. The van der Waals surface area contributed by atoms with Gasteiger partial charge in [-0.05, 0) is 30.2 Å². The van der Waals surface area contributed by atoms with Gasteiger partial charge in [-0.25, -0.2) is 0 Å². The van der Waals surface area contributed by atoms with E-state index in [4.69, 9.17) is 14.2 Å². The average molecular weight is 222 g/mol. The van der Waals surface area contributed by atoms with Gasteiger partial charge >= 0.3 is 0 Å². The fourth-order valence-electron chi connectivity index (χ4n) is 2.19. The van der Waals surface area contributed by atoms with Crippen molar-refractivity contribution < 1.29 is 14.2 Å². The third-order valence-corrected chi connectivity index (χ3v) is 3.22. The second-order valence-corrected chi connectivity index (χ2v) is 4.58. The monoisotopic (exact) mass is 222 g/mol. The lowest BCUT2D eigenvalue weighted by Crippen LogP contribution is -2.44. The van der Waals surface area contributed by atoms with E-state index in [-0.39, 0.29) is 5.41 Å². The first-order valence-corrected chi connectivity index (χ1v) is 5.41. The van der Waals surface area contributed by atoms with Crippen LogP contribution in [0.4, 0.5) is 0 Å². The Hall–Kier alpha value is -1.22. The van der Waals surface area contributed by atoms with Crippen LogP contribution in [-0.2, 0) is 10.2 Å². The minimum Gasteiger partial charge on any atom is -0.493 e. The third-order valence-electron chi connectivity index (χ3n) is 3.22. The summed E-state index contributed by atoms with van der Waals surface area (Å²) in [6, 6.07) is 4.09. The van der Waals surface area contributed by atoms with Crippen molar-refractivity contribution in [3.05, 3.63) is 23.3 Å². The average Bonchev–Trinajstić information content (AvgIpc) is 2.25. The fraction of sp³-hybridized carbons (Fsp3) is 0.538. The Bertz CT molecular complexity index is 394. The molecule has 1 aliphatic rings. The van der Waals surface area contributed by atoms with Crippen molar-refractivity contribution in [2.45, 2.75) is 19.3 Å². The van der Waals surface area contributed by atoms with Gasteiger partial charge in [-0.2, -0.15) is 0 Å². The van der Waals surface area contributed by atoms with Gasteiger partial charge in [0, 0.05) is 5.41 Å². The number of methoxy groups -OCH3 is 2. The summed E-state index contributed by atoms with van der Waals surface area (Å²) in [7, 11) is 3.32. The number of benzene rings is 1. The second kappa shape index (κ2) is 3.98. The van der Waals surface area contributed by atoms with E-state index < -0.39 is 0 Å². The number of ether oxygens (including phenoxy) is 3. The van der Waals surface area contributed by atoms with Gasteiger partial charge < -0.3 is 14.2 Å². The van der Waals surface area contributed by atoms with Gasteiger partial charge in [0.1, 0.15) is 0 Å². The van der Waals surface area contributed by atoms with Crippen molar-refractivity contribution >= 4 is 0 Å². The summed E-state index contributed by atoms with van der Waals surface area (Å²) in [4.78, 5) is 0. The quantitative estimate of drug-likeness (QED) is 0.785. The van der Waals surface area contributed by atoms with Gasteiger partial charge in [-0.15, -0.1) is 0 Å². The summed E-state index contributed by atoms with van der Waals surface area (Å²) in [5, 5.41) is 0. The zero-order valence-corrected chi connectivity index (χ0v) is 10.3. The Labute approximate surface area is 96.3 Å². The molecule has 0 spiro atoms. The molecular weight excluding hydrogens is 204 g/mol. The molecule has 1 saturated heterocycles. The molecule has 0 amide bonds. The highest BCUT2D eigenvalue weighted by atomic mass is 16.5. The summed E-state index contributed by atoms with van der Waals surface area (Å²) in [5.74, 6) is 1.57. The molecule has 1 fully saturated rings. The summed E-state index contributed by atoms with van der Waals surface area (Å²) >= 11 is 0. The topological polar surface area (TPSA) is 27.7 Å². The second-order valence-electron chi connectivity index (χ2n) is 4.58. The molecule has 1 aromatic carbocycles. The SMILES string of the molecule is COc1cc(C)c(C2(C)COC2)cc1OC. The van der Waals surface area contributed by atoms with Gasteiger partial charge in [-0.1, -0.05) is 6.92 Å². The van der Waals surface area contributed by atoms with Crippen molar-refractivity contribution in [2.24, 2.45) is 0 Å².